The van der Waals surface area contributed by atoms with Gasteiger partial charge in [-0.2, -0.15) is 0 Å². The van der Waals surface area contributed by atoms with Crippen molar-refractivity contribution in [2.45, 2.75) is 24.9 Å². The van der Waals surface area contributed by atoms with Gasteiger partial charge in [-0.05, 0) is 0 Å². The van der Waals surface area contributed by atoms with Crippen LogP contribution in [0.3, 0.4) is 0 Å². The maximum absolute atomic E-state index is 2.21. The zero-order chi connectivity index (χ0) is 4.12. The Hall–Kier alpha value is 0.597. The fourth-order valence-corrected chi connectivity index (χ4v) is 0.354. The number of hydrogen-bond donors (Lipinski definition) is 0. The van der Waals surface area contributed by atoms with E-state index >= 15 is 0 Å². The Kier molecular flexibility index (Phi) is 5.15. The van der Waals surface area contributed by atoms with Crippen LogP contribution in [0.15, 0.2) is 0 Å². The molecular weight excluding hydrogens is 49.0 g/mol. The van der Waals surface area contributed by atoms with E-state index in [-0.39, 0.29) is 0 Å². The topological polar surface area (TPSA) is 0 Å². The van der Waals surface area contributed by atoms with Gasteiger partial charge in [0.1, 0.15) is 0 Å². The van der Waals surface area contributed by atoms with Crippen molar-refractivity contribution in [3.63, 3.8) is 0 Å². The second-order valence-corrected chi connectivity index (χ2v) is 1.35. The van der Waals surface area contributed by atoms with Crippen LogP contribution in [0.1, 0.15) is 19.8 Å². The van der Waals surface area contributed by atoms with E-state index in [2.05, 4.69) is 24.6 Å². The minimum absolute atomic E-state index is 1.34. The summed E-state index contributed by atoms with van der Waals surface area (Å²) in [6, 6.07) is 0. The van der Waals surface area contributed by atoms with Gasteiger partial charge in [0, 0.05) is 0 Å². The standard InChI is InChI=1S/C4H9.Li/c1-3-4-2;/h1,3-4H2,2H3;/i;1-6. The molecule has 0 atom stereocenters. The summed E-state index contributed by atoms with van der Waals surface area (Å²) in [6.45, 7) is 2.21. The van der Waals surface area contributed by atoms with E-state index in [1.165, 1.54) is 17.9 Å². The number of rotatable bonds is 2. The van der Waals surface area contributed by atoms with E-state index in [0.717, 1.165) is 0 Å². The van der Waals surface area contributed by atoms with Gasteiger partial charge in [-0.15, -0.1) is 0 Å². The SMILES string of the molecule is [1Li][CH2]CCC. The predicted molar refractivity (Wildman–Crippen MR) is 25.5 cm³/mol. The van der Waals surface area contributed by atoms with E-state index in [0.29, 0.717) is 0 Å². The van der Waals surface area contributed by atoms with Crippen LogP contribution in [0.2, 0.25) is 5.09 Å². The van der Waals surface area contributed by atoms with Crippen molar-refractivity contribution in [3.05, 3.63) is 0 Å². The Morgan fingerprint density at radius 3 is 2.20 bits per heavy atom. The zero-order valence-electron chi connectivity index (χ0n) is 4.12. The first-order valence-electron chi connectivity index (χ1n) is 2.41. The molecule has 0 saturated heterocycles. The molecule has 0 bridgehead atoms. The van der Waals surface area contributed by atoms with Crippen LogP contribution in [-0.4, -0.2) is 17.7 Å². The van der Waals surface area contributed by atoms with Gasteiger partial charge in [0.25, 0.3) is 0 Å². The molecule has 0 unspecified atom stereocenters. The Bertz CT molecular complexity index is 11.1. The van der Waals surface area contributed by atoms with Crippen molar-refractivity contribution in [1.82, 2.24) is 0 Å². The van der Waals surface area contributed by atoms with Gasteiger partial charge in [-0.1, -0.05) is 0 Å². The van der Waals surface area contributed by atoms with Crippen LogP contribution < -0.4 is 0 Å². The average Bonchev–Trinajstić information content (AvgIpc) is 1.41. The molecule has 5 heavy (non-hydrogen) atoms. The molecule has 0 saturated carbocycles. The Morgan fingerprint density at radius 2 is 2.20 bits per heavy atom. The molecule has 0 aromatic carbocycles. The third-order valence-electron chi connectivity index (χ3n) is 0.707. The van der Waals surface area contributed by atoms with E-state index in [1.54, 1.807) is 0 Å². The molecule has 26 valence electrons. The second kappa shape index (κ2) is 4.60. The van der Waals surface area contributed by atoms with Gasteiger partial charge < -0.3 is 0 Å². The van der Waals surface area contributed by atoms with Crippen molar-refractivity contribution in [2.24, 2.45) is 0 Å². The molecule has 0 spiro atoms. The molecule has 0 fully saturated rings. The van der Waals surface area contributed by atoms with Crippen LogP contribution in [0.4, 0.5) is 0 Å². The molecule has 1 heteroatoms. The summed E-state index contributed by atoms with van der Waals surface area (Å²) in [5, 5.41) is 1.34. The summed E-state index contributed by atoms with van der Waals surface area (Å²) in [5.74, 6) is 0. The summed E-state index contributed by atoms with van der Waals surface area (Å²) in [5.41, 5.74) is 0. The van der Waals surface area contributed by atoms with Crippen molar-refractivity contribution < 1.29 is 0 Å². The van der Waals surface area contributed by atoms with Gasteiger partial charge in [0.15, 0.2) is 0 Å². The maximum atomic E-state index is 2.21. The van der Waals surface area contributed by atoms with Crippen molar-refractivity contribution in [1.29, 1.82) is 0 Å². The van der Waals surface area contributed by atoms with Crippen LogP contribution in [0.25, 0.3) is 0 Å². The summed E-state index contributed by atoms with van der Waals surface area (Å²) >= 11 is 2.21. The third-order valence-corrected chi connectivity index (χ3v) is 0.707. The summed E-state index contributed by atoms with van der Waals surface area (Å²) in [7, 11) is 0. The molecule has 0 radical (unpaired) electrons. The zero-order valence-corrected chi connectivity index (χ0v) is 4.12. The van der Waals surface area contributed by atoms with E-state index in [9.17, 15) is 0 Å². The van der Waals surface area contributed by atoms with Gasteiger partial charge in [-0.3, -0.25) is 0 Å². The first kappa shape index (κ1) is 5.60. The molecule has 0 aliphatic rings. The van der Waals surface area contributed by atoms with Crippen LogP contribution in [0, 0.1) is 0 Å². The average molecular weight is 58.1 g/mol. The number of hydrogen-bond acceptors (Lipinski definition) is 0. The summed E-state index contributed by atoms with van der Waals surface area (Å²) in [6.07, 6.45) is 2.73. The van der Waals surface area contributed by atoms with E-state index < -0.39 is 0 Å². The van der Waals surface area contributed by atoms with Gasteiger partial charge in [0.2, 0.25) is 0 Å². The first-order chi connectivity index (χ1) is 2.41. The third kappa shape index (κ3) is 4.60. The summed E-state index contributed by atoms with van der Waals surface area (Å²) < 4.78 is 0. The van der Waals surface area contributed by atoms with Gasteiger partial charge >= 0.3 is 42.6 Å². The quantitative estimate of drug-likeness (QED) is 0.421. The van der Waals surface area contributed by atoms with Gasteiger partial charge in [0.05, 0.1) is 0 Å². The molecule has 0 nitrogen and oxygen atoms in total. The molecule has 0 aliphatic carbocycles. The Labute approximate surface area is 43.2 Å². The minimum atomic E-state index is 1.34. The van der Waals surface area contributed by atoms with E-state index in [4.69, 9.17) is 0 Å². The molecule has 0 aliphatic heterocycles. The molecule has 0 aromatic rings. The van der Waals surface area contributed by atoms with Crippen LogP contribution >= 0.6 is 0 Å². The Morgan fingerprint density at radius 1 is 1.60 bits per heavy atom. The monoisotopic (exact) mass is 58.1 g/mol. The molecule has 0 N–H and O–H groups in total. The molecular formula is C4H9Li. The first-order valence-corrected chi connectivity index (χ1v) is 2.41. The normalized spacial score (nSPS) is 8.60. The van der Waals surface area contributed by atoms with Crippen LogP contribution in [0.5, 0.6) is 0 Å². The Balaban J connectivity index is 2.19. The van der Waals surface area contributed by atoms with Crippen LogP contribution in [-0.2, 0) is 0 Å². The van der Waals surface area contributed by atoms with Crippen molar-refractivity contribution in [3.8, 4) is 0 Å². The molecule has 0 rings (SSSR count). The molecule has 0 heterocycles. The fourth-order valence-electron chi connectivity index (χ4n) is 0.354. The van der Waals surface area contributed by atoms with Gasteiger partial charge in [-0.25, -0.2) is 0 Å². The molecule has 0 amide bonds. The predicted octanol–water partition coefficient (Wildman–Crippen LogP) is 1.37. The summed E-state index contributed by atoms with van der Waals surface area (Å²) in [4.78, 5) is 0. The second-order valence-electron chi connectivity index (χ2n) is 1.35. The molecule has 0 aromatic heterocycles. The van der Waals surface area contributed by atoms with Crippen molar-refractivity contribution >= 4 is 17.7 Å². The number of unbranched alkanes of at least 4 members (excludes halogenated alkanes) is 1. The fraction of sp³-hybridized carbons (Fsp3) is 1.00. The van der Waals surface area contributed by atoms with E-state index in [1.807, 2.05) is 0 Å². The van der Waals surface area contributed by atoms with Crippen molar-refractivity contribution in [2.75, 3.05) is 0 Å².